The zero-order valence-electron chi connectivity index (χ0n) is 11.0. The van der Waals surface area contributed by atoms with Crippen LogP contribution in [0.15, 0.2) is 42.6 Å². The number of Topliss-reactive ketones (excluding diaryl/α,β-unsaturated/α-hetero) is 1. The van der Waals surface area contributed by atoms with Gasteiger partial charge < -0.3 is 5.73 Å². The first-order chi connectivity index (χ1) is 9.86. The summed E-state index contributed by atoms with van der Waals surface area (Å²) < 4.78 is 37.8. The highest BCUT2D eigenvalue weighted by molar-refractivity contribution is 5.84. The fraction of sp³-hybridized carbons (Fsp3) is 0.200. The molecule has 2 N–H and O–H groups in total. The van der Waals surface area contributed by atoms with Gasteiger partial charge in [-0.15, -0.1) is 0 Å². The summed E-state index contributed by atoms with van der Waals surface area (Å²) >= 11 is 0. The van der Waals surface area contributed by atoms with E-state index >= 15 is 0 Å². The Morgan fingerprint density at radius 3 is 2.57 bits per heavy atom. The maximum absolute atomic E-state index is 12.6. The minimum absolute atomic E-state index is 0.0515. The molecule has 0 atom stereocenters. The Bertz CT molecular complexity index is 653. The van der Waals surface area contributed by atoms with E-state index in [0.717, 1.165) is 12.1 Å². The standard InChI is InChI=1S/C15H13F3N2O/c16-15(17,18)12-5-1-3-10(7-12)8-13(21)9-11-4-2-6-20-14(11)19/h1-7H,8-9H2,(H2,19,20). The van der Waals surface area contributed by atoms with Crippen molar-refractivity contribution in [2.75, 3.05) is 5.73 Å². The molecule has 0 saturated carbocycles. The van der Waals surface area contributed by atoms with Crippen LogP contribution in [0.4, 0.5) is 19.0 Å². The largest absolute Gasteiger partial charge is 0.416 e. The number of ketones is 1. The maximum atomic E-state index is 12.6. The summed E-state index contributed by atoms with van der Waals surface area (Å²) in [5.41, 5.74) is 5.78. The van der Waals surface area contributed by atoms with Crippen molar-refractivity contribution in [3.05, 3.63) is 59.3 Å². The van der Waals surface area contributed by atoms with Crippen molar-refractivity contribution < 1.29 is 18.0 Å². The number of anilines is 1. The Labute approximate surface area is 119 Å². The maximum Gasteiger partial charge on any atom is 0.416 e. The lowest BCUT2D eigenvalue weighted by Crippen LogP contribution is -2.10. The molecule has 0 aliphatic heterocycles. The molecule has 0 fully saturated rings. The van der Waals surface area contributed by atoms with Crippen LogP contribution < -0.4 is 5.73 Å². The van der Waals surface area contributed by atoms with Crippen molar-refractivity contribution in [2.45, 2.75) is 19.0 Å². The van der Waals surface area contributed by atoms with Gasteiger partial charge in [0.25, 0.3) is 0 Å². The number of nitrogens with zero attached hydrogens (tertiary/aromatic N) is 1. The number of carbonyl (C=O) groups excluding carboxylic acids is 1. The quantitative estimate of drug-likeness (QED) is 0.943. The van der Waals surface area contributed by atoms with Crippen molar-refractivity contribution in [2.24, 2.45) is 0 Å². The third-order valence-corrected chi connectivity index (χ3v) is 2.97. The number of alkyl halides is 3. The second-order valence-corrected chi connectivity index (χ2v) is 4.64. The number of nitrogens with two attached hydrogens (primary N) is 1. The molecule has 0 aliphatic carbocycles. The van der Waals surface area contributed by atoms with Crippen molar-refractivity contribution in [1.82, 2.24) is 4.98 Å². The van der Waals surface area contributed by atoms with Gasteiger partial charge in [-0.05, 0) is 17.7 Å². The second-order valence-electron chi connectivity index (χ2n) is 4.64. The van der Waals surface area contributed by atoms with E-state index < -0.39 is 11.7 Å². The van der Waals surface area contributed by atoms with Crippen LogP contribution in [-0.4, -0.2) is 10.8 Å². The number of benzene rings is 1. The first-order valence-electron chi connectivity index (χ1n) is 6.23. The number of carbonyl (C=O) groups is 1. The SMILES string of the molecule is Nc1ncccc1CC(=O)Cc1cccc(C(F)(F)F)c1. The predicted octanol–water partition coefficient (Wildman–Crippen LogP) is 3.04. The molecule has 6 heteroatoms. The van der Waals surface area contributed by atoms with Crippen LogP contribution in [0.1, 0.15) is 16.7 Å². The molecule has 0 amide bonds. The zero-order chi connectivity index (χ0) is 15.5. The topological polar surface area (TPSA) is 56.0 Å². The van der Waals surface area contributed by atoms with Crippen LogP contribution in [0.3, 0.4) is 0 Å². The number of hydrogen-bond donors (Lipinski definition) is 1. The molecule has 0 spiro atoms. The van der Waals surface area contributed by atoms with Gasteiger partial charge >= 0.3 is 6.18 Å². The first kappa shape index (κ1) is 15.0. The minimum atomic E-state index is -4.41. The molecular formula is C15H13F3N2O. The summed E-state index contributed by atoms with van der Waals surface area (Å²) in [6, 6.07) is 8.09. The van der Waals surface area contributed by atoms with E-state index in [9.17, 15) is 18.0 Å². The highest BCUT2D eigenvalue weighted by Gasteiger charge is 2.30. The van der Waals surface area contributed by atoms with Gasteiger partial charge in [-0.1, -0.05) is 24.3 Å². The molecule has 0 aliphatic rings. The van der Waals surface area contributed by atoms with Gasteiger partial charge in [-0.25, -0.2) is 4.98 Å². The summed E-state index contributed by atoms with van der Waals surface area (Å²) in [4.78, 5) is 15.8. The Hall–Kier alpha value is -2.37. The molecule has 2 rings (SSSR count). The van der Waals surface area contributed by atoms with Gasteiger partial charge in [0, 0.05) is 24.6 Å². The van der Waals surface area contributed by atoms with Gasteiger partial charge in [0.15, 0.2) is 0 Å². The van der Waals surface area contributed by atoms with Crippen LogP contribution in [0, 0.1) is 0 Å². The summed E-state index contributed by atoms with van der Waals surface area (Å²) in [7, 11) is 0. The third kappa shape index (κ3) is 4.05. The Morgan fingerprint density at radius 2 is 1.90 bits per heavy atom. The van der Waals surface area contributed by atoms with Crippen LogP contribution in [0.2, 0.25) is 0 Å². The van der Waals surface area contributed by atoms with Crippen LogP contribution in [-0.2, 0) is 23.8 Å². The van der Waals surface area contributed by atoms with Crippen molar-refractivity contribution in [3.8, 4) is 0 Å². The smallest absolute Gasteiger partial charge is 0.383 e. The fourth-order valence-corrected chi connectivity index (χ4v) is 1.96. The van der Waals surface area contributed by atoms with E-state index in [-0.39, 0.29) is 24.4 Å². The highest BCUT2D eigenvalue weighted by atomic mass is 19.4. The normalized spacial score (nSPS) is 11.4. The van der Waals surface area contributed by atoms with E-state index in [1.165, 1.54) is 18.3 Å². The molecule has 0 radical (unpaired) electrons. The molecule has 0 saturated heterocycles. The molecular weight excluding hydrogens is 281 g/mol. The fourth-order valence-electron chi connectivity index (χ4n) is 1.96. The lowest BCUT2D eigenvalue weighted by molar-refractivity contribution is -0.137. The Kier molecular flexibility index (Phi) is 4.26. The average Bonchev–Trinajstić information content (AvgIpc) is 2.41. The van der Waals surface area contributed by atoms with Crippen molar-refractivity contribution in [3.63, 3.8) is 0 Å². The van der Waals surface area contributed by atoms with Gasteiger partial charge in [0.1, 0.15) is 11.6 Å². The predicted molar refractivity (Wildman–Crippen MR) is 72.5 cm³/mol. The number of aromatic nitrogens is 1. The van der Waals surface area contributed by atoms with Gasteiger partial charge in [0.05, 0.1) is 5.56 Å². The van der Waals surface area contributed by atoms with Crippen LogP contribution in [0.25, 0.3) is 0 Å². The molecule has 110 valence electrons. The third-order valence-electron chi connectivity index (χ3n) is 2.97. The van der Waals surface area contributed by atoms with E-state index in [1.807, 2.05) is 0 Å². The molecule has 0 bridgehead atoms. The van der Waals surface area contributed by atoms with Crippen LogP contribution in [0.5, 0.6) is 0 Å². The summed E-state index contributed by atoms with van der Waals surface area (Å²) in [5.74, 6) is 0.0453. The van der Waals surface area contributed by atoms with E-state index in [1.54, 1.807) is 12.1 Å². The van der Waals surface area contributed by atoms with Gasteiger partial charge in [-0.3, -0.25) is 4.79 Å². The first-order valence-corrected chi connectivity index (χ1v) is 6.23. The number of halogens is 3. The molecule has 2 aromatic rings. The lowest BCUT2D eigenvalue weighted by Gasteiger charge is -2.08. The van der Waals surface area contributed by atoms with E-state index in [2.05, 4.69) is 4.98 Å². The lowest BCUT2D eigenvalue weighted by atomic mass is 10.0. The van der Waals surface area contributed by atoms with Crippen molar-refractivity contribution >= 4 is 11.6 Å². The van der Waals surface area contributed by atoms with E-state index in [0.29, 0.717) is 11.1 Å². The van der Waals surface area contributed by atoms with E-state index in [4.69, 9.17) is 5.73 Å². The highest BCUT2D eigenvalue weighted by Crippen LogP contribution is 2.29. The monoisotopic (exact) mass is 294 g/mol. The molecule has 0 unspecified atom stereocenters. The Balaban J connectivity index is 2.08. The van der Waals surface area contributed by atoms with Gasteiger partial charge in [-0.2, -0.15) is 13.2 Å². The molecule has 21 heavy (non-hydrogen) atoms. The molecule has 1 aromatic carbocycles. The van der Waals surface area contributed by atoms with Gasteiger partial charge in [0.2, 0.25) is 0 Å². The zero-order valence-corrected chi connectivity index (χ0v) is 11.0. The summed E-state index contributed by atoms with van der Waals surface area (Å²) in [6.07, 6.45) is -2.92. The number of nitrogen functional groups attached to an aromatic ring is 1. The summed E-state index contributed by atoms with van der Waals surface area (Å²) in [5, 5.41) is 0. The second kappa shape index (κ2) is 5.95. The molecule has 3 nitrogen and oxygen atoms in total. The summed E-state index contributed by atoms with van der Waals surface area (Å²) in [6.45, 7) is 0. The minimum Gasteiger partial charge on any atom is -0.383 e. The number of hydrogen-bond acceptors (Lipinski definition) is 3. The number of rotatable bonds is 4. The van der Waals surface area contributed by atoms with Crippen LogP contribution >= 0.6 is 0 Å². The Morgan fingerprint density at radius 1 is 1.14 bits per heavy atom. The molecule has 1 aromatic heterocycles. The average molecular weight is 294 g/mol. The number of pyridine rings is 1. The van der Waals surface area contributed by atoms with Crippen molar-refractivity contribution in [1.29, 1.82) is 0 Å². The molecule has 1 heterocycles.